The summed E-state index contributed by atoms with van der Waals surface area (Å²) in [6.45, 7) is 2.07. The number of para-hydroxylation sites is 1. The van der Waals surface area contributed by atoms with Gasteiger partial charge in [0.1, 0.15) is 5.82 Å². The maximum Gasteiger partial charge on any atom is 0.173 e. The molecule has 0 spiro atoms. The van der Waals surface area contributed by atoms with Gasteiger partial charge >= 0.3 is 0 Å². The summed E-state index contributed by atoms with van der Waals surface area (Å²) in [7, 11) is 0. The molecule has 2 heterocycles. The van der Waals surface area contributed by atoms with Crippen LogP contribution < -0.4 is 5.32 Å². The van der Waals surface area contributed by atoms with Crippen LogP contribution in [0.2, 0.25) is 0 Å². The van der Waals surface area contributed by atoms with Crippen LogP contribution in [0.25, 0.3) is 0 Å². The number of nitrogens with one attached hydrogen (secondary N) is 2. The molecule has 0 aliphatic carbocycles. The van der Waals surface area contributed by atoms with Crippen molar-refractivity contribution in [3.05, 3.63) is 41.5 Å². The molecule has 82 valence electrons. The smallest absolute Gasteiger partial charge is 0.173 e. The van der Waals surface area contributed by atoms with Crippen LogP contribution in [0.3, 0.4) is 0 Å². The Morgan fingerprint density at radius 1 is 1.38 bits per heavy atom. The van der Waals surface area contributed by atoms with Gasteiger partial charge in [-0.25, -0.2) is 4.98 Å². The lowest BCUT2D eigenvalue weighted by molar-refractivity contribution is 0.752. The number of aryl methyl sites for hydroxylation is 1. The van der Waals surface area contributed by atoms with E-state index < -0.39 is 0 Å². The monoisotopic (exact) mass is 214 g/mol. The third kappa shape index (κ3) is 1.46. The lowest BCUT2D eigenvalue weighted by Gasteiger charge is -2.05. The molecular weight excluding hydrogens is 200 g/mol. The lowest BCUT2D eigenvalue weighted by Crippen LogP contribution is -2.07. The fraction of sp³-hybridized carbons (Fsp3) is 0.333. The molecule has 1 aromatic heterocycles. The van der Waals surface area contributed by atoms with Crippen LogP contribution in [-0.4, -0.2) is 15.2 Å². The van der Waals surface area contributed by atoms with Gasteiger partial charge in [0, 0.05) is 18.5 Å². The zero-order valence-electron chi connectivity index (χ0n) is 9.20. The lowest BCUT2D eigenvalue weighted by atomic mass is 10.1. The first kappa shape index (κ1) is 9.39. The van der Waals surface area contributed by atoms with Crippen molar-refractivity contribution in [2.75, 3.05) is 5.32 Å². The molecule has 1 aliphatic rings. The standard InChI is InChI=1S/C12H14N4/c1-2-11-14-12(16-15-11)10-7-8-5-3-4-6-9(8)13-10/h3-6,10,13H,2,7H2,1H3,(H,14,15,16). The third-order valence-electron chi connectivity index (χ3n) is 2.97. The van der Waals surface area contributed by atoms with Gasteiger partial charge in [0.15, 0.2) is 5.82 Å². The van der Waals surface area contributed by atoms with E-state index in [0.29, 0.717) is 0 Å². The van der Waals surface area contributed by atoms with Gasteiger partial charge in [0.2, 0.25) is 0 Å². The Hall–Kier alpha value is -1.84. The van der Waals surface area contributed by atoms with Crippen molar-refractivity contribution in [2.45, 2.75) is 25.8 Å². The number of rotatable bonds is 2. The average molecular weight is 214 g/mol. The topological polar surface area (TPSA) is 53.6 Å². The number of nitrogens with zero attached hydrogens (tertiary/aromatic N) is 2. The highest BCUT2D eigenvalue weighted by Crippen LogP contribution is 2.32. The number of H-pyrrole nitrogens is 1. The van der Waals surface area contributed by atoms with Gasteiger partial charge in [-0.15, -0.1) is 0 Å². The predicted octanol–water partition coefficient (Wildman–Crippen LogP) is 2.08. The highest BCUT2D eigenvalue weighted by Gasteiger charge is 2.24. The van der Waals surface area contributed by atoms with Gasteiger partial charge in [0.05, 0.1) is 6.04 Å². The first-order valence-corrected chi connectivity index (χ1v) is 5.62. The van der Waals surface area contributed by atoms with E-state index in [1.54, 1.807) is 0 Å². The Morgan fingerprint density at radius 3 is 3.00 bits per heavy atom. The molecule has 0 bridgehead atoms. The Kier molecular flexibility index (Phi) is 2.13. The van der Waals surface area contributed by atoms with Crippen LogP contribution in [0.15, 0.2) is 24.3 Å². The SMILES string of the molecule is CCc1nc(C2Cc3ccccc3N2)n[nH]1. The predicted molar refractivity (Wildman–Crippen MR) is 62.3 cm³/mol. The number of fused-ring (bicyclic) bond motifs is 1. The first-order chi connectivity index (χ1) is 7.86. The minimum atomic E-state index is 0.217. The summed E-state index contributed by atoms with van der Waals surface area (Å²) in [6, 6.07) is 8.58. The van der Waals surface area contributed by atoms with E-state index in [-0.39, 0.29) is 6.04 Å². The van der Waals surface area contributed by atoms with E-state index in [1.165, 1.54) is 11.3 Å². The van der Waals surface area contributed by atoms with Gasteiger partial charge in [0.25, 0.3) is 0 Å². The van der Waals surface area contributed by atoms with Gasteiger partial charge in [-0.2, -0.15) is 5.10 Å². The Bertz CT molecular complexity index is 478. The molecular formula is C12H14N4. The Morgan fingerprint density at radius 2 is 2.25 bits per heavy atom. The maximum atomic E-state index is 4.46. The quantitative estimate of drug-likeness (QED) is 0.804. The second-order valence-electron chi connectivity index (χ2n) is 4.05. The zero-order chi connectivity index (χ0) is 11.0. The number of anilines is 1. The van der Waals surface area contributed by atoms with Crippen LogP contribution in [-0.2, 0) is 12.8 Å². The molecule has 0 saturated carbocycles. The fourth-order valence-electron chi connectivity index (χ4n) is 2.08. The summed E-state index contributed by atoms with van der Waals surface area (Å²) in [5.41, 5.74) is 2.55. The highest BCUT2D eigenvalue weighted by molar-refractivity contribution is 5.57. The minimum Gasteiger partial charge on any atom is -0.375 e. The molecule has 1 unspecified atom stereocenters. The minimum absolute atomic E-state index is 0.217. The van der Waals surface area contributed by atoms with Gasteiger partial charge in [-0.05, 0) is 11.6 Å². The highest BCUT2D eigenvalue weighted by atomic mass is 15.2. The molecule has 1 aromatic carbocycles. The normalized spacial score (nSPS) is 18.2. The maximum absolute atomic E-state index is 4.46. The number of hydrogen-bond donors (Lipinski definition) is 2. The second-order valence-corrected chi connectivity index (χ2v) is 4.05. The van der Waals surface area contributed by atoms with Crippen molar-refractivity contribution >= 4 is 5.69 Å². The molecule has 0 radical (unpaired) electrons. The fourth-order valence-corrected chi connectivity index (χ4v) is 2.08. The van der Waals surface area contributed by atoms with Crippen LogP contribution in [0.1, 0.15) is 30.2 Å². The number of hydrogen-bond acceptors (Lipinski definition) is 3. The van der Waals surface area contributed by atoms with E-state index in [0.717, 1.165) is 24.5 Å². The summed E-state index contributed by atoms with van der Waals surface area (Å²) < 4.78 is 0. The van der Waals surface area contributed by atoms with Crippen molar-refractivity contribution < 1.29 is 0 Å². The average Bonchev–Trinajstić information content (AvgIpc) is 2.95. The second kappa shape index (κ2) is 3.63. The van der Waals surface area contributed by atoms with E-state index in [2.05, 4.69) is 45.6 Å². The summed E-state index contributed by atoms with van der Waals surface area (Å²) in [5, 5.41) is 10.7. The third-order valence-corrected chi connectivity index (χ3v) is 2.97. The van der Waals surface area contributed by atoms with Crippen LogP contribution in [0, 0.1) is 0 Å². The number of aromatic amines is 1. The molecule has 4 nitrogen and oxygen atoms in total. The van der Waals surface area contributed by atoms with E-state index in [1.807, 2.05) is 6.07 Å². The Balaban J connectivity index is 1.85. The van der Waals surface area contributed by atoms with Gasteiger partial charge in [-0.1, -0.05) is 25.1 Å². The molecule has 1 aliphatic heterocycles. The number of benzene rings is 1. The zero-order valence-corrected chi connectivity index (χ0v) is 9.20. The molecule has 3 rings (SSSR count). The molecule has 2 aromatic rings. The van der Waals surface area contributed by atoms with Gasteiger partial charge < -0.3 is 5.32 Å². The van der Waals surface area contributed by atoms with Crippen molar-refractivity contribution in [1.82, 2.24) is 15.2 Å². The van der Waals surface area contributed by atoms with Crippen LogP contribution in [0.5, 0.6) is 0 Å². The first-order valence-electron chi connectivity index (χ1n) is 5.62. The summed E-state index contributed by atoms with van der Waals surface area (Å²) in [6.07, 6.45) is 1.86. The molecule has 0 saturated heterocycles. The largest absolute Gasteiger partial charge is 0.375 e. The van der Waals surface area contributed by atoms with Crippen LogP contribution >= 0.6 is 0 Å². The molecule has 4 heteroatoms. The van der Waals surface area contributed by atoms with Crippen molar-refractivity contribution in [3.8, 4) is 0 Å². The number of aromatic nitrogens is 3. The summed E-state index contributed by atoms with van der Waals surface area (Å²) in [5.74, 6) is 1.82. The van der Waals surface area contributed by atoms with E-state index >= 15 is 0 Å². The summed E-state index contributed by atoms with van der Waals surface area (Å²) >= 11 is 0. The van der Waals surface area contributed by atoms with E-state index in [9.17, 15) is 0 Å². The van der Waals surface area contributed by atoms with Crippen LogP contribution in [0.4, 0.5) is 5.69 Å². The molecule has 16 heavy (non-hydrogen) atoms. The van der Waals surface area contributed by atoms with Crippen molar-refractivity contribution in [3.63, 3.8) is 0 Å². The Labute approximate surface area is 94.1 Å². The molecule has 2 N–H and O–H groups in total. The molecule has 0 fully saturated rings. The van der Waals surface area contributed by atoms with Gasteiger partial charge in [-0.3, -0.25) is 5.10 Å². The van der Waals surface area contributed by atoms with Crippen molar-refractivity contribution in [2.24, 2.45) is 0 Å². The van der Waals surface area contributed by atoms with E-state index in [4.69, 9.17) is 0 Å². The molecule has 0 amide bonds. The van der Waals surface area contributed by atoms with Crippen molar-refractivity contribution in [1.29, 1.82) is 0 Å². The molecule has 1 atom stereocenters. The summed E-state index contributed by atoms with van der Waals surface area (Å²) in [4.78, 5) is 4.46.